The van der Waals surface area contributed by atoms with Crippen molar-refractivity contribution in [3.8, 4) is 0 Å². The van der Waals surface area contributed by atoms with Gasteiger partial charge in [0.05, 0.1) is 12.3 Å². The largest absolute Gasteiger partial charge is 0.357 e. The number of benzene rings is 1. The third-order valence-corrected chi connectivity index (χ3v) is 4.41. The van der Waals surface area contributed by atoms with Gasteiger partial charge in [0.1, 0.15) is 5.82 Å². The molecule has 6 nitrogen and oxygen atoms in total. The summed E-state index contributed by atoms with van der Waals surface area (Å²) in [6.45, 7) is 5.60. The standard InChI is InChI=1S/C15H25FN4O2S.HI/c1-3-17-15(18-9-6-10-20-23(21,22)4-2)19-12-13-7-5-8-14(16)11-13;/h5,7-8,11,20H,3-4,6,9-10,12H2,1-2H3,(H2,17,18,19);1H. The van der Waals surface area contributed by atoms with E-state index in [-0.39, 0.29) is 35.5 Å². The summed E-state index contributed by atoms with van der Waals surface area (Å²) in [6.07, 6.45) is 0.642. The number of hydrogen-bond donors (Lipinski definition) is 3. The number of halogens is 2. The van der Waals surface area contributed by atoms with Crippen LogP contribution in [-0.2, 0) is 16.6 Å². The lowest BCUT2D eigenvalue weighted by Gasteiger charge is -2.11. The highest BCUT2D eigenvalue weighted by molar-refractivity contribution is 14.0. The van der Waals surface area contributed by atoms with Crippen LogP contribution in [0.1, 0.15) is 25.8 Å². The maximum absolute atomic E-state index is 13.1. The number of hydrogen-bond acceptors (Lipinski definition) is 3. The molecule has 0 unspecified atom stereocenters. The van der Waals surface area contributed by atoms with Crippen LogP contribution >= 0.6 is 24.0 Å². The lowest BCUT2D eigenvalue weighted by Crippen LogP contribution is -2.38. The summed E-state index contributed by atoms with van der Waals surface area (Å²) in [5.74, 6) is 0.423. The van der Waals surface area contributed by atoms with E-state index in [0.717, 1.165) is 5.56 Å². The smallest absolute Gasteiger partial charge is 0.211 e. The predicted octanol–water partition coefficient (Wildman–Crippen LogP) is 1.83. The molecule has 3 N–H and O–H groups in total. The highest BCUT2D eigenvalue weighted by Crippen LogP contribution is 2.04. The summed E-state index contributed by atoms with van der Waals surface area (Å²) >= 11 is 0. The fourth-order valence-electron chi connectivity index (χ4n) is 1.77. The Balaban J connectivity index is 0.00000529. The third kappa shape index (κ3) is 10.0. The van der Waals surface area contributed by atoms with Gasteiger partial charge in [-0.1, -0.05) is 12.1 Å². The number of nitrogens with zero attached hydrogens (tertiary/aromatic N) is 1. The summed E-state index contributed by atoms with van der Waals surface area (Å²) in [5.41, 5.74) is 0.790. The van der Waals surface area contributed by atoms with Crippen LogP contribution in [0.2, 0.25) is 0 Å². The summed E-state index contributed by atoms with van der Waals surface area (Å²) in [7, 11) is -3.14. The molecule has 0 amide bonds. The Morgan fingerprint density at radius 1 is 1.21 bits per heavy atom. The second-order valence-corrected chi connectivity index (χ2v) is 7.00. The van der Waals surface area contributed by atoms with Crippen molar-refractivity contribution in [2.24, 2.45) is 4.99 Å². The van der Waals surface area contributed by atoms with Crippen LogP contribution in [0.5, 0.6) is 0 Å². The van der Waals surface area contributed by atoms with Gasteiger partial charge in [0, 0.05) is 19.6 Å². The van der Waals surface area contributed by atoms with Gasteiger partial charge in [0.15, 0.2) is 5.96 Å². The molecule has 0 heterocycles. The van der Waals surface area contributed by atoms with Crippen molar-refractivity contribution in [3.63, 3.8) is 0 Å². The maximum atomic E-state index is 13.1. The molecular formula is C15H26FIN4O2S. The van der Waals surface area contributed by atoms with E-state index in [1.165, 1.54) is 12.1 Å². The molecule has 0 aromatic heterocycles. The number of guanidine groups is 1. The highest BCUT2D eigenvalue weighted by atomic mass is 127. The molecule has 0 aliphatic heterocycles. The van der Waals surface area contributed by atoms with Crippen LogP contribution < -0.4 is 15.4 Å². The van der Waals surface area contributed by atoms with Gasteiger partial charge in [-0.05, 0) is 38.0 Å². The summed E-state index contributed by atoms with van der Waals surface area (Å²) in [6, 6.07) is 6.32. The molecule has 0 fully saturated rings. The first kappa shape index (κ1) is 23.1. The van der Waals surface area contributed by atoms with Crippen molar-refractivity contribution in [3.05, 3.63) is 35.6 Å². The third-order valence-electron chi connectivity index (χ3n) is 3.00. The zero-order valence-corrected chi connectivity index (χ0v) is 17.2. The molecule has 0 saturated carbocycles. The zero-order chi connectivity index (χ0) is 17.1. The summed E-state index contributed by atoms with van der Waals surface area (Å²) in [5, 5.41) is 6.21. The van der Waals surface area contributed by atoms with E-state index in [0.29, 0.717) is 38.6 Å². The Morgan fingerprint density at radius 2 is 1.96 bits per heavy atom. The van der Waals surface area contributed by atoms with Gasteiger partial charge in [0.2, 0.25) is 10.0 Å². The Kier molecular flexibility index (Phi) is 11.9. The first-order chi connectivity index (χ1) is 11.0. The SMILES string of the molecule is CCNC(=NCc1cccc(F)c1)NCCCNS(=O)(=O)CC.I. The van der Waals surface area contributed by atoms with Gasteiger partial charge in [-0.15, -0.1) is 24.0 Å². The molecular weight excluding hydrogens is 446 g/mol. The van der Waals surface area contributed by atoms with Gasteiger partial charge < -0.3 is 10.6 Å². The van der Waals surface area contributed by atoms with Gasteiger partial charge in [-0.25, -0.2) is 22.5 Å². The average Bonchev–Trinajstić information content (AvgIpc) is 2.52. The molecule has 0 atom stereocenters. The number of aliphatic imine (C=N–C) groups is 1. The molecule has 1 aromatic rings. The lowest BCUT2D eigenvalue weighted by molar-refractivity contribution is 0.579. The Hall–Kier alpha value is -0.940. The molecule has 0 aliphatic rings. The van der Waals surface area contributed by atoms with Crippen LogP contribution in [0.25, 0.3) is 0 Å². The van der Waals surface area contributed by atoms with Crippen LogP contribution in [-0.4, -0.2) is 39.8 Å². The van der Waals surface area contributed by atoms with E-state index in [4.69, 9.17) is 0 Å². The second kappa shape index (κ2) is 12.4. The minimum absolute atomic E-state index is 0. The van der Waals surface area contributed by atoms with Crippen LogP contribution in [0.15, 0.2) is 29.3 Å². The van der Waals surface area contributed by atoms with Crippen molar-refractivity contribution < 1.29 is 12.8 Å². The minimum Gasteiger partial charge on any atom is -0.357 e. The van der Waals surface area contributed by atoms with Gasteiger partial charge >= 0.3 is 0 Å². The van der Waals surface area contributed by atoms with Crippen molar-refractivity contribution in [1.29, 1.82) is 0 Å². The predicted molar refractivity (Wildman–Crippen MR) is 107 cm³/mol. The maximum Gasteiger partial charge on any atom is 0.211 e. The fourth-order valence-corrected chi connectivity index (χ4v) is 2.43. The first-order valence-corrected chi connectivity index (χ1v) is 9.36. The van der Waals surface area contributed by atoms with Gasteiger partial charge in [-0.2, -0.15) is 0 Å². The van der Waals surface area contributed by atoms with Crippen molar-refractivity contribution >= 4 is 40.0 Å². The minimum atomic E-state index is -3.14. The first-order valence-electron chi connectivity index (χ1n) is 7.70. The molecule has 24 heavy (non-hydrogen) atoms. The molecule has 0 saturated heterocycles. The Morgan fingerprint density at radius 3 is 2.58 bits per heavy atom. The molecule has 0 bridgehead atoms. The molecule has 9 heteroatoms. The second-order valence-electron chi connectivity index (χ2n) is 4.90. The van der Waals surface area contributed by atoms with Crippen molar-refractivity contribution in [2.45, 2.75) is 26.8 Å². The topological polar surface area (TPSA) is 82.6 Å². The van der Waals surface area contributed by atoms with E-state index in [1.54, 1.807) is 13.0 Å². The van der Waals surface area contributed by atoms with Gasteiger partial charge in [-0.3, -0.25) is 0 Å². The van der Waals surface area contributed by atoms with Gasteiger partial charge in [0.25, 0.3) is 0 Å². The van der Waals surface area contributed by atoms with E-state index >= 15 is 0 Å². The van der Waals surface area contributed by atoms with Crippen molar-refractivity contribution in [2.75, 3.05) is 25.4 Å². The van der Waals surface area contributed by atoms with E-state index in [2.05, 4.69) is 20.3 Å². The lowest BCUT2D eigenvalue weighted by atomic mass is 10.2. The fraction of sp³-hybridized carbons (Fsp3) is 0.533. The van der Waals surface area contributed by atoms with Crippen LogP contribution in [0, 0.1) is 5.82 Å². The molecule has 0 spiro atoms. The average molecular weight is 472 g/mol. The molecule has 1 aromatic carbocycles. The number of sulfonamides is 1. The Labute approximate surface area is 160 Å². The molecule has 0 aliphatic carbocycles. The summed E-state index contributed by atoms with van der Waals surface area (Å²) < 4.78 is 38.2. The van der Waals surface area contributed by atoms with E-state index in [1.807, 2.05) is 13.0 Å². The van der Waals surface area contributed by atoms with E-state index < -0.39 is 10.0 Å². The summed E-state index contributed by atoms with van der Waals surface area (Å²) in [4.78, 5) is 4.38. The Bertz CT molecular complexity index is 611. The van der Waals surface area contributed by atoms with Crippen LogP contribution in [0.3, 0.4) is 0 Å². The normalized spacial score (nSPS) is 11.7. The quantitative estimate of drug-likeness (QED) is 0.222. The number of nitrogens with one attached hydrogen (secondary N) is 3. The van der Waals surface area contributed by atoms with Crippen molar-refractivity contribution in [1.82, 2.24) is 15.4 Å². The molecule has 1 rings (SSSR count). The number of rotatable bonds is 9. The molecule has 0 radical (unpaired) electrons. The highest BCUT2D eigenvalue weighted by Gasteiger charge is 2.04. The van der Waals surface area contributed by atoms with Crippen LogP contribution in [0.4, 0.5) is 4.39 Å². The van der Waals surface area contributed by atoms with E-state index in [9.17, 15) is 12.8 Å². The zero-order valence-electron chi connectivity index (χ0n) is 14.0. The monoisotopic (exact) mass is 472 g/mol. The molecule has 138 valence electrons.